The van der Waals surface area contributed by atoms with E-state index in [1.807, 2.05) is 0 Å². The Morgan fingerprint density at radius 2 is 2.18 bits per heavy atom. The molecule has 2 rings (SSSR count). The molecular formula is C10H7Cl3N3O. The van der Waals surface area contributed by atoms with Crippen molar-refractivity contribution in [3.8, 4) is 5.75 Å². The zero-order chi connectivity index (χ0) is 12.4. The Balaban J connectivity index is 2.30. The number of anilines is 1. The van der Waals surface area contributed by atoms with E-state index in [9.17, 15) is 0 Å². The Kier molecular flexibility index (Phi) is 3.76. The number of hydrogen-bond donors (Lipinski definition) is 0. The van der Waals surface area contributed by atoms with Crippen molar-refractivity contribution in [2.45, 2.75) is 5.62 Å². The first-order valence-corrected chi connectivity index (χ1v) is 5.77. The van der Waals surface area contributed by atoms with Gasteiger partial charge >= 0.3 is 0 Å². The number of amidine groups is 1. The van der Waals surface area contributed by atoms with Crippen LogP contribution in [0.4, 0.5) is 5.69 Å². The molecule has 7 heteroatoms. The minimum absolute atomic E-state index is 0.0702. The number of methoxy groups -OCH3 is 1. The summed E-state index contributed by atoms with van der Waals surface area (Å²) in [5.41, 5.74) is 0.0110. The van der Waals surface area contributed by atoms with Crippen LogP contribution in [0.3, 0.4) is 0 Å². The normalized spacial score (nSPS) is 19.2. The standard InChI is InChI=1S/C10H7Cl3N3O/c1-17-8-3-2-6(4-7(8)11)16-5-14-9(12)15-10(16)13/h2-4,10H,1H3. The van der Waals surface area contributed by atoms with Gasteiger partial charge in [0.25, 0.3) is 0 Å². The number of hydrogen-bond acceptors (Lipinski definition) is 4. The fourth-order valence-corrected chi connectivity index (χ4v) is 1.98. The van der Waals surface area contributed by atoms with Gasteiger partial charge in [-0.05, 0) is 29.8 Å². The molecule has 0 saturated carbocycles. The molecule has 89 valence electrons. The minimum Gasteiger partial charge on any atom is -0.495 e. The molecule has 0 N–H and O–H groups in total. The molecule has 0 aromatic heterocycles. The van der Waals surface area contributed by atoms with Crippen LogP contribution in [0, 0.1) is 0 Å². The van der Waals surface area contributed by atoms with Gasteiger partial charge < -0.3 is 4.74 Å². The van der Waals surface area contributed by atoms with E-state index in [-0.39, 0.29) is 5.29 Å². The van der Waals surface area contributed by atoms with Gasteiger partial charge in [0.15, 0.2) is 6.34 Å². The van der Waals surface area contributed by atoms with Gasteiger partial charge in [0, 0.05) is 5.69 Å². The van der Waals surface area contributed by atoms with E-state index >= 15 is 0 Å². The van der Waals surface area contributed by atoms with Crippen LogP contribution in [0.1, 0.15) is 0 Å². The van der Waals surface area contributed by atoms with Crippen molar-refractivity contribution in [2.75, 3.05) is 12.0 Å². The van der Waals surface area contributed by atoms with E-state index < -0.39 is 5.62 Å². The lowest BCUT2D eigenvalue weighted by atomic mass is 10.3. The van der Waals surface area contributed by atoms with Crippen molar-refractivity contribution in [1.29, 1.82) is 0 Å². The predicted molar refractivity (Wildman–Crippen MR) is 70.8 cm³/mol. The second-order valence-corrected chi connectivity index (χ2v) is 4.25. The molecule has 0 fully saturated rings. The van der Waals surface area contributed by atoms with Crippen molar-refractivity contribution in [1.82, 2.24) is 0 Å². The summed E-state index contributed by atoms with van der Waals surface area (Å²) in [6, 6.07) is 5.19. The summed E-state index contributed by atoms with van der Waals surface area (Å²) in [7, 11) is 1.55. The summed E-state index contributed by atoms with van der Waals surface area (Å²) >= 11 is 17.6. The molecule has 1 atom stereocenters. The third-order valence-corrected chi connectivity index (χ3v) is 2.86. The lowest BCUT2D eigenvalue weighted by Gasteiger charge is -2.23. The smallest absolute Gasteiger partial charge is 0.223 e. The first-order chi connectivity index (χ1) is 8.11. The van der Waals surface area contributed by atoms with E-state index in [1.165, 1.54) is 4.90 Å². The summed E-state index contributed by atoms with van der Waals surface area (Å²) in [4.78, 5) is 9.14. The SMILES string of the molecule is COc1ccc(N2[C]=NC(Cl)=NC2Cl)cc1Cl. The molecular weight excluding hydrogens is 284 g/mol. The topological polar surface area (TPSA) is 37.2 Å². The van der Waals surface area contributed by atoms with Crippen LogP contribution in [-0.2, 0) is 0 Å². The quantitative estimate of drug-likeness (QED) is 0.620. The maximum atomic E-state index is 6.01. The molecule has 1 heterocycles. The molecule has 17 heavy (non-hydrogen) atoms. The summed E-state index contributed by atoms with van der Waals surface area (Å²) in [6.45, 7) is 0. The lowest BCUT2D eigenvalue weighted by Crippen LogP contribution is -2.31. The molecule has 1 radical (unpaired) electrons. The van der Waals surface area contributed by atoms with Crippen molar-refractivity contribution < 1.29 is 4.74 Å². The molecule has 1 aromatic carbocycles. The van der Waals surface area contributed by atoms with Crippen LogP contribution < -0.4 is 9.64 Å². The third-order valence-electron chi connectivity index (χ3n) is 2.09. The Morgan fingerprint density at radius 3 is 2.76 bits per heavy atom. The van der Waals surface area contributed by atoms with Gasteiger partial charge in [-0.25, -0.2) is 4.99 Å². The largest absolute Gasteiger partial charge is 0.495 e. The molecule has 0 saturated heterocycles. The number of aliphatic imine (C=N–C) groups is 2. The second-order valence-electron chi connectivity index (χ2n) is 3.11. The molecule has 4 nitrogen and oxygen atoms in total. The Hall–Kier alpha value is -0.970. The minimum atomic E-state index is -0.690. The molecule has 1 aromatic rings. The van der Waals surface area contributed by atoms with Crippen LogP contribution in [0.2, 0.25) is 5.02 Å². The first-order valence-electron chi connectivity index (χ1n) is 4.58. The van der Waals surface area contributed by atoms with Gasteiger partial charge in [0.05, 0.1) is 12.1 Å². The highest BCUT2D eigenvalue weighted by molar-refractivity contribution is 6.66. The number of ether oxygens (including phenoxy) is 1. The highest BCUT2D eigenvalue weighted by atomic mass is 35.5. The Bertz CT molecular complexity index is 490. The van der Waals surface area contributed by atoms with Gasteiger partial charge in [0.2, 0.25) is 10.9 Å². The molecule has 1 unspecified atom stereocenters. The van der Waals surface area contributed by atoms with E-state index in [4.69, 9.17) is 39.5 Å². The van der Waals surface area contributed by atoms with E-state index in [0.717, 1.165) is 0 Å². The number of halogens is 3. The molecule has 0 spiro atoms. The van der Waals surface area contributed by atoms with E-state index in [2.05, 4.69) is 16.3 Å². The van der Waals surface area contributed by atoms with E-state index in [0.29, 0.717) is 16.5 Å². The Morgan fingerprint density at radius 1 is 1.41 bits per heavy atom. The summed E-state index contributed by atoms with van der Waals surface area (Å²) in [5, 5.41) is 0.539. The zero-order valence-corrected chi connectivity index (χ0v) is 11.0. The average molecular weight is 292 g/mol. The number of benzene rings is 1. The first kappa shape index (κ1) is 12.5. The molecule has 0 bridgehead atoms. The van der Waals surface area contributed by atoms with Crippen molar-refractivity contribution in [2.24, 2.45) is 9.98 Å². The van der Waals surface area contributed by atoms with Crippen LogP contribution in [0.15, 0.2) is 28.2 Å². The number of nitrogens with zero attached hydrogens (tertiary/aromatic N) is 3. The van der Waals surface area contributed by atoms with Crippen molar-refractivity contribution >= 4 is 52.1 Å². The Labute approximate surface area is 113 Å². The fourth-order valence-electron chi connectivity index (χ4n) is 1.30. The van der Waals surface area contributed by atoms with Crippen LogP contribution in [-0.4, -0.2) is 24.4 Å². The molecule has 0 amide bonds. The summed E-state index contributed by atoms with van der Waals surface area (Å²) in [6.07, 6.45) is 2.66. The highest BCUT2D eigenvalue weighted by Crippen LogP contribution is 2.30. The van der Waals surface area contributed by atoms with Crippen LogP contribution in [0.25, 0.3) is 0 Å². The maximum absolute atomic E-state index is 6.01. The van der Waals surface area contributed by atoms with Gasteiger partial charge in [-0.1, -0.05) is 23.2 Å². The summed E-state index contributed by atoms with van der Waals surface area (Å²) < 4.78 is 5.06. The van der Waals surface area contributed by atoms with E-state index in [1.54, 1.807) is 25.3 Å². The molecule has 1 aliphatic heterocycles. The van der Waals surface area contributed by atoms with Crippen LogP contribution >= 0.6 is 34.8 Å². The highest BCUT2D eigenvalue weighted by Gasteiger charge is 2.19. The summed E-state index contributed by atoms with van der Waals surface area (Å²) in [5.74, 6) is 0.581. The third kappa shape index (κ3) is 2.65. The monoisotopic (exact) mass is 290 g/mol. The second kappa shape index (κ2) is 5.12. The van der Waals surface area contributed by atoms with Crippen molar-refractivity contribution in [3.05, 3.63) is 23.2 Å². The van der Waals surface area contributed by atoms with Gasteiger partial charge in [-0.2, -0.15) is 4.99 Å². The van der Waals surface area contributed by atoms with Gasteiger partial charge in [-0.15, -0.1) is 0 Å². The number of alkyl halides is 1. The number of rotatable bonds is 2. The van der Waals surface area contributed by atoms with Crippen LogP contribution in [0.5, 0.6) is 5.75 Å². The predicted octanol–water partition coefficient (Wildman–Crippen LogP) is 3.19. The molecule has 1 aliphatic rings. The zero-order valence-electron chi connectivity index (χ0n) is 8.69. The van der Waals surface area contributed by atoms with Gasteiger partial charge in [-0.3, -0.25) is 4.90 Å². The van der Waals surface area contributed by atoms with Crippen molar-refractivity contribution in [3.63, 3.8) is 0 Å². The average Bonchev–Trinajstić information content (AvgIpc) is 2.29. The molecule has 0 aliphatic carbocycles. The van der Waals surface area contributed by atoms with Gasteiger partial charge in [0.1, 0.15) is 5.75 Å². The lowest BCUT2D eigenvalue weighted by molar-refractivity contribution is 0.415. The maximum Gasteiger partial charge on any atom is 0.223 e. The fraction of sp³-hybridized carbons (Fsp3) is 0.200.